The molecule has 0 unspecified atom stereocenters. The summed E-state index contributed by atoms with van der Waals surface area (Å²) in [6, 6.07) is 7.96. The third-order valence-corrected chi connectivity index (χ3v) is 5.09. The molecule has 0 bridgehead atoms. The van der Waals surface area contributed by atoms with Gasteiger partial charge in [-0.3, -0.25) is 19.0 Å². The molecule has 0 radical (unpaired) electrons. The van der Waals surface area contributed by atoms with Crippen molar-refractivity contribution < 1.29 is 9.59 Å². The molecule has 1 aromatic carbocycles. The number of amides is 2. The van der Waals surface area contributed by atoms with E-state index in [1.807, 2.05) is 0 Å². The first kappa shape index (κ1) is 19.1. The van der Waals surface area contributed by atoms with Gasteiger partial charge in [0.05, 0.1) is 16.6 Å². The summed E-state index contributed by atoms with van der Waals surface area (Å²) in [7, 11) is 0. The third kappa shape index (κ3) is 3.97. The summed E-state index contributed by atoms with van der Waals surface area (Å²) in [5.74, 6) is -0.978. The summed E-state index contributed by atoms with van der Waals surface area (Å²) >= 11 is 5.88. The number of hydrogen-bond donors (Lipinski definition) is 2. The molecule has 8 nitrogen and oxygen atoms in total. The lowest BCUT2D eigenvalue weighted by Crippen LogP contribution is -2.29. The highest BCUT2D eigenvalue weighted by Gasteiger charge is 2.17. The largest absolute Gasteiger partial charge is 0.318 e. The Hall–Kier alpha value is -3.26. The summed E-state index contributed by atoms with van der Waals surface area (Å²) in [6.07, 6.45) is 5.27. The number of pyridine rings is 1. The average molecular weight is 412 g/mol. The number of benzene rings is 1. The molecule has 29 heavy (non-hydrogen) atoms. The average Bonchev–Trinajstić information content (AvgIpc) is 2.96. The van der Waals surface area contributed by atoms with Crippen molar-refractivity contribution in [3.8, 4) is 0 Å². The van der Waals surface area contributed by atoms with E-state index in [-0.39, 0.29) is 16.4 Å². The molecule has 2 amide bonds. The van der Waals surface area contributed by atoms with E-state index in [1.54, 1.807) is 28.8 Å². The van der Waals surface area contributed by atoms with E-state index in [1.165, 1.54) is 12.3 Å². The van der Waals surface area contributed by atoms with Crippen LogP contribution in [0.4, 0.5) is 11.4 Å². The molecule has 148 valence electrons. The highest BCUT2D eigenvalue weighted by molar-refractivity contribution is 6.44. The quantitative estimate of drug-likeness (QED) is 0.498. The van der Waals surface area contributed by atoms with Gasteiger partial charge in [-0.15, -0.1) is 0 Å². The lowest BCUT2D eigenvalue weighted by molar-refractivity contribution is -0.132. The predicted molar refractivity (Wildman–Crippen MR) is 110 cm³/mol. The summed E-state index contributed by atoms with van der Waals surface area (Å²) in [4.78, 5) is 45.7. The molecule has 3 aromatic rings. The van der Waals surface area contributed by atoms with E-state index in [0.717, 1.165) is 31.5 Å². The number of nitrogens with one attached hydrogen (secondary N) is 2. The first-order chi connectivity index (χ1) is 14.0. The number of halogens is 1. The van der Waals surface area contributed by atoms with Crippen molar-refractivity contribution in [3.05, 3.63) is 57.9 Å². The minimum atomic E-state index is -0.892. The Labute approximate surface area is 170 Å². The van der Waals surface area contributed by atoms with Gasteiger partial charge >= 0.3 is 11.8 Å². The first-order valence-corrected chi connectivity index (χ1v) is 9.67. The highest BCUT2D eigenvalue weighted by atomic mass is 35.5. The molecular weight excluding hydrogens is 394 g/mol. The molecule has 1 aliphatic heterocycles. The van der Waals surface area contributed by atoms with Crippen LogP contribution >= 0.6 is 11.6 Å². The summed E-state index contributed by atoms with van der Waals surface area (Å²) < 4.78 is 1.71. The Balaban J connectivity index is 1.57. The van der Waals surface area contributed by atoms with E-state index < -0.39 is 11.8 Å². The molecule has 0 spiro atoms. The third-order valence-electron chi connectivity index (χ3n) is 4.79. The van der Waals surface area contributed by atoms with Crippen molar-refractivity contribution in [3.63, 3.8) is 0 Å². The molecule has 0 saturated heterocycles. The number of rotatable bonds is 2. The van der Waals surface area contributed by atoms with Gasteiger partial charge in [0, 0.05) is 24.8 Å². The second-order valence-corrected chi connectivity index (χ2v) is 7.14. The smallest absolute Gasteiger partial charge is 0.314 e. The number of aromatic nitrogens is 3. The SMILES string of the molecule is O=C(Nc1ccc2nc3n(c(=O)c2c1)CCCCC3)C(=O)Nc1cccnc1Cl. The van der Waals surface area contributed by atoms with Gasteiger partial charge in [-0.25, -0.2) is 9.97 Å². The monoisotopic (exact) mass is 411 g/mol. The number of fused-ring (bicyclic) bond motifs is 2. The highest BCUT2D eigenvalue weighted by Crippen LogP contribution is 2.19. The molecule has 0 atom stereocenters. The summed E-state index contributed by atoms with van der Waals surface area (Å²) in [5.41, 5.74) is 1.02. The molecule has 3 heterocycles. The van der Waals surface area contributed by atoms with Gasteiger partial charge in [0.25, 0.3) is 5.56 Å². The molecule has 0 aliphatic carbocycles. The number of nitrogens with zero attached hydrogens (tertiary/aromatic N) is 3. The molecule has 2 N–H and O–H groups in total. The standard InChI is InChI=1S/C20H18ClN5O3/c21-17-15(5-4-9-22-17)25-19(28)18(27)23-12-7-8-14-13(11-12)20(29)26-10-3-1-2-6-16(26)24-14/h4-5,7-9,11H,1-3,6,10H2,(H,23,27)(H,25,28). The first-order valence-electron chi connectivity index (χ1n) is 9.29. The Kier molecular flexibility index (Phi) is 5.26. The maximum atomic E-state index is 12.9. The van der Waals surface area contributed by atoms with Crippen molar-refractivity contribution in [1.82, 2.24) is 14.5 Å². The van der Waals surface area contributed by atoms with Crippen LogP contribution < -0.4 is 16.2 Å². The fraction of sp³-hybridized carbons (Fsp3) is 0.250. The van der Waals surface area contributed by atoms with E-state index in [2.05, 4.69) is 20.6 Å². The van der Waals surface area contributed by atoms with Crippen LogP contribution in [0.25, 0.3) is 10.9 Å². The van der Waals surface area contributed by atoms with Gasteiger partial charge in [-0.2, -0.15) is 0 Å². The zero-order valence-corrected chi connectivity index (χ0v) is 16.2. The van der Waals surface area contributed by atoms with Gasteiger partial charge in [0.15, 0.2) is 5.15 Å². The zero-order chi connectivity index (χ0) is 20.4. The molecule has 4 rings (SSSR count). The Morgan fingerprint density at radius 1 is 1.07 bits per heavy atom. The van der Waals surface area contributed by atoms with Crippen LogP contribution in [0, 0.1) is 0 Å². The Bertz CT molecular complexity index is 1170. The van der Waals surface area contributed by atoms with Crippen LogP contribution in [0.2, 0.25) is 5.15 Å². The van der Waals surface area contributed by atoms with Crippen molar-refractivity contribution in [2.75, 3.05) is 10.6 Å². The number of anilines is 2. The molecule has 0 fully saturated rings. The predicted octanol–water partition coefficient (Wildman–Crippen LogP) is 2.75. The zero-order valence-electron chi connectivity index (χ0n) is 15.4. The topological polar surface area (TPSA) is 106 Å². The van der Waals surface area contributed by atoms with Crippen LogP contribution in [0.5, 0.6) is 0 Å². The Morgan fingerprint density at radius 2 is 1.90 bits per heavy atom. The second-order valence-electron chi connectivity index (χ2n) is 6.78. The second kappa shape index (κ2) is 8.00. The number of carbonyl (C=O) groups excluding carboxylic acids is 2. The molecule has 2 aromatic heterocycles. The van der Waals surface area contributed by atoms with Crippen molar-refractivity contribution in [1.29, 1.82) is 0 Å². The lowest BCUT2D eigenvalue weighted by Gasteiger charge is -2.11. The van der Waals surface area contributed by atoms with Crippen LogP contribution in [-0.4, -0.2) is 26.3 Å². The fourth-order valence-corrected chi connectivity index (χ4v) is 3.51. The van der Waals surface area contributed by atoms with Crippen molar-refractivity contribution in [2.45, 2.75) is 32.2 Å². The number of aryl methyl sites for hydroxylation is 1. The van der Waals surface area contributed by atoms with Crippen LogP contribution in [0.3, 0.4) is 0 Å². The van der Waals surface area contributed by atoms with Gasteiger partial charge in [-0.05, 0) is 43.2 Å². The molecule has 1 aliphatic rings. The minimum absolute atomic E-state index is 0.0825. The van der Waals surface area contributed by atoms with Crippen molar-refractivity contribution >= 4 is 45.7 Å². The van der Waals surface area contributed by atoms with E-state index >= 15 is 0 Å². The van der Waals surface area contributed by atoms with Gasteiger partial charge in [0.1, 0.15) is 5.82 Å². The van der Waals surface area contributed by atoms with Crippen LogP contribution in [0.15, 0.2) is 41.3 Å². The molecular formula is C20H18ClN5O3. The van der Waals surface area contributed by atoms with Crippen LogP contribution in [-0.2, 0) is 22.6 Å². The summed E-state index contributed by atoms with van der Waals surface area (Å²) in [6.45, 7) is 0.641. The maximum Gasteiger partial charge on any atom is 0.314 e. The summed E-state index contributed by atoms with van der Waals surface area (Å²) in [5, 5.41) is 5.39. The maximum absolute atomic E-state index is 12.9. The van der Waals surface area contributed by atoms with E-state index in [0.29, 0.717) is 23.1 Å². The van der Waals surface area contributed by atoms with Crippen LogP contribution in [0.1, 0.15) is 25.1 Å². The lowest BCUT2D eigenvalue weighted by atomic mass is 10.2. The normalized spacial score (nSPS) is 13.4. The Morgan fingerprint density at radius 3 is 2.72 bits per heavy atom. The van der Waals surface area contributed by atoms with Gasteiger partial charge in [0.2, 0.25) is 0 Å². The fourth-order valence-electron chi connectivity index (χ4n) is 3.34. The van der Waals surface area contributed by atoms with Gasteiger partial charge < -0.3 is 10.6 Å². The minimum Gasteiger partial charge on any atom is -0.318 e. The molecule has 0 saturated carbocycles. The van der Waals surface area contributed by atoms with E-state index in [9.17, 15) is 14.4 Å². The number of hydrogen-bond acceptors (Lipinski definition) is 5. The number of carbonyl (C=O) groups is 2. The van der Waals surface area contributed by atoms with Gasteiger partial charge in [-0.1, -0.05) is 18.0 Å². The van der Waals surface area contributed by atoms with Crippen molar-refractivity contribution in [2.24, 2.45) is 0 Å². The van der Waals surface area contributed by atoms with E-state index in [4.69, 9.17) is 11.6 Å². The molecule has 9 heteroatoms.